The lowest BCUT2D eigenvalue weighted by atomic mass is 9.84. The number of nitrogens with one attached hydrogen (secondary N) is 3. The van der Waals surface area contributed by atoms with E-state index in [1.807, 2.05) is 0 Å². The maximum atomic E-state index is 13.4. The van der Waals surface area contributed by atoms with Crippen molar-refractivity contribution in [2.75, 3.05) is 18.5 Å². The summed E-state index contributed by atoms with van der Waals surface area (Å²) >= 11 is 0. The molecule has 1 fully saturated rings. The van der Waals surface area contributed by atoms with Crippen LogP contribution in [0.4, 0.5) is 10.5 Å². The zero-order valence-corrected chi connectivity index (χ0v) is 18.6. The van der Waals surface area contributed by atoms with Crippen LogP contribution in [0.15, 0.2) is 71.3 Å². The van der Waals surface area contributed by atoms with Crippen molar-refractivity contribution in [1.82, 2.24) is 15.5 Å². The topological polar surface area (TPSA) is 130 Å². The summed E-state index contributed by atoms with van der Waals surface area (Å²) in [5.41, 5.74) is -0.214. The van der Waals surface area contributed by atoms with Crippen molar-refractivity contribution in [3.05, 3.63) is 83.8 Å². The monoisotopic (exact) mass is 474 g/mol. The summed E-state index contributed by atoms with van der Waals surface area (Å²) in [5, 5.41) is 8.13. The van der Waals surface area contributed by atoms with Crippen LogP contribution in [-0.4, -0.2) is 41.8 Å². The van der Waals surface area contributed by atoms with Crippen molar-refractivity contribution in [3.8, 4) is 5.75 Å². The molecule has 2 aliphatic rings. The summed E-state index contributed by atoms with van der Waals surface area (Å²) in [7, 11) is 0. The number of anilines is 1. The lowest BCUT2D eigenvalue weighted by Crippen LogP contribution is -2.48. The zero-order chi connectivity index (χ0) is 24.4. The standard InChI is InChI=1S/C25H22N4O6/c30-21(27-19-9-3-1-7-17(19)22(31)26-14-16-6-5-12-34-16)15-29-23(32)25(28-24(29)33)11-13-35-20-10-4-2-8-18(20)25/h1-10,12H,11,13-15H2,(H,26,31)(H,27,30)(H,28,33)/t25-/m1/s1. The first-order valence-corrected chi connectivity index (χ1v) is 11.0. The van der Waals surface area contributed by atoms with Crippen LogP contribution in [0.5, 0.6) is 5.75 Å². The van der Waals surface area contributed by atoms with E-state index in [0.717, 1.165) is 4.90 Å². The van der Waals surface area contributed by atoms with Crippen molar-refractivity contribution in [2.24, 2.45) is 0 Å². The van der Waals surface area contributed by atoms with Gasteiger partial charge in [0.25, 0.3) is 11.8 Å². The molecular formula is C25H22N4O6. The van der Waals surface area contributed by atoms with E-state index < -0.39 is 35.8 Å². The summed E-state index contributed by atoms with van der Waals surface area (Å²) in [6.07, 6.45) is 1.76. The molecule has 0 bridgehead atoms. The second-order valence-electron chi connectivity index (χ2n) is 8.18. The van der Waals surface area contributed by atoms with Gasteiger partial charge in [-0.15, -0.1) is 0 Å². The molecule has 2 aliphatic heterocycles. The smallest absolute Gasteiger partial charge is 0.325 e. The van der Waals surface area contributed by atoms with Crippen molar-refractivity contribution in [3.63, 3.8) is 0 Å². The summed E-state index contributed by atoms with van der Waals surface area (Å²) in [5.74, 6) is -0.435. The maximum Gasteiger partial charge on any atom is 0.325 e. The first kappa shape index (κ1) is 22.2. The van der Waals surface area contributed by atoms with Crippen molar-refractivity contribution >= 4 is 29.4 Å². The molecule has 1 atom stereocenters. The highest BCUT2D eigenvalue weighted by Crippen LogP contribution is 2.40. The Balaban J connectivity index is 1.29. The zero-order valence-electron chi connectivity index (χ0n) is 18.6. The van der Waals surface area contributed by atoms with Gasteiger partial charge in [-0.2, -0.15) is 0 Å². The second kappa shape index (κ2) is 8.98. The van der Waals surface area contributed by atoms with Crippen LogP contribution in [0.3, 0.4) is 0 Å². The Kier molecular flexibility index (Phi) is 5.69. The fraction of sp³-hybridized carbons (Fsp3) is 0.200. The Hall–Kier alpha value is -4.60. The third kappa shape index (κ3) is 4.10. The summed E-state index contributed by atoms with van der Waals surface area (Å²) in [6.45, 7) is -0.0643. The number of imide groups is 1. The molecular weight excluding hydrogens is 452 g/mol. The quantitative estimate of drug-likeness (QED) is 0.471. The maximum absolute atomic E-state index is 13.4. The molecule has 3 aromatic rings. The molecule has 2 aromatic carbocycles. The molecule has 5 rings (SSSR count). The molecule has 1 saturated heterocycles. The number of hydrogen-bond acceptors (Lipinski definition) is 6. The number of hydrogen-bond donors (Lipinski definition) is 3. The number of urea groups is 1. The number of para-hydroxylation sites is 2. The Morgan fingerprint density at radius 2 is 1.83 bits per heavy atom. The first-order chi connectivity index (χ1) is 17.0. The van der Waals surface area contributed by atoms with E-state index in [4.69, 9.17) is 9.15 Å². The van der Waals surface area contributed by atoms with Gasteiger partial charge in [-0.05, 0) is 30.3 Å². The molecule has 0 radical (unpaired) electrons. The van der Waals surface area contributed by atoms with Crippen LogP contribution in [0.1, 0.15) is 28.1 Å². The Morgan fingerprint density at radius 3 is 2.66 bits per heavy atom. The Labute approximate surface area is 200 Å². The average Bonchev–Trinajstić information content (AvgIpc) is 3.46. The molecule has 0 aliphatic carbocycles. The summed E-state index contributed by atoms with van der Waals surface area (Å²) in [4.78, 5) is 52.5. The van der Waals surface area contributed by atoms with E-state index in [9.17, 15) is 19.2 Å². The van der Waals surface area contributed by atoms with Gasteiger partial charge in [0, 0.05) is 12.0 Å². The minimum absolute atomic E-state index is 0.184. The van der Waals surface area contributed by atoms with E-state index >= 15 is 0 Å². The summed E-state index contributed by atoms with van der Waals surface area (Å²) in [6, 6.07) is 16.3. The van der Waals surface area contributed by atoms with Crippen LogP contribution < -0.4 is 20.7 Å². The van der Waals surface area contributed by atoms with Gasteiger partial charge in [0.15, 0.2) is 5.54 Å². The summed E-state index contributed by atoms with van der Waals surface area (Å²) < 4.78 is 10.8. The molecule has 1 aromatic heterocycles. The highest BCUT2D eigenvalue weighted by atomic mass is 16.5. The molecule has 3 N–H and O–H groups in total. The van der Waals surface area contributed by atoms with E-state index in [2.05, 4.69) is 16.0 Å². The van der Waals surface area contributed by atoms with Crippen LogP contribution in [0.2, 0.25) is 0 Å². The Bertz CT molecular complexity index is 1300. The van der Waals surface area contributed by atoms with Gasteiger partial charge in [-0.1, -0.05) is 30.3 Å². The van der Waals surface area contributed by atoms with E-state index in [1.54, 1.807) is 60.7 Å². The van der Waals surface area contributed by atoms with E-state index in [0.29, 0.717) is 17.1 Å². The minimum Gasteiger partial charge on any atom is -0.493 e. The fourth-order valence-corrected chi connectivity index (χ4v) is 4.31. The molecule has 178 valence electrons. The molecule has 1 spiro atoms. The van der Waals surface area contributed by atoms with Crippen molar-refractivity contribution < 1.29 is 28.3 Å². The van der Waals surface area contributed by atoms with Gasteiger partial charge >= 0.3 is 6.03 Å². The van der Waals surface area contributed by atoms with Gasteiger partial charge in [0.2, 0.25) is 5.91 Å². The largest absolute Gasteiger partial charge is 0.493 e. The van der Waals surface area contributed by atoms with Gasteiger partial charge in [-0.25, -0.2) is 4.79 Å². The minimum atomic E-state index is -1.27. The number of furan rings is 1. The molecule has 10 heteroatoms. The molecule has 3 heterocycles. The predicted molar refractivity (Wildman–Crippen MR) is 123 cm³/mol. The van der Waals surface area contributed by atoms with E-state index in [1.165, 1.54) is 6.26 Å². The number of nitrogens with zero attached hydrogens (tertiary/aromatic N) is 1. The van der Waals surface area contributed by atoms with Crippen LogP contribution >= 0.6 is 0 Å². The molecule has 10 nitrogen and oxygen atoms in total. The third-order valence-corrected chi connectivity index (χ3v) is 6.01. The molecule has 35 heavy (non-hydrogen) atoms. The number of fused-ring (bicyclic) bond motifs is 2. The fourth-order valence-electron chi connectivity index (χ4n) is 4.31. The third-order valence-electron chi connectivity index (χ3n) is 6.01. The number of rotatable bonds is 6. The number of carbonyl (C=O) groups excluding carboxylic acids is 4. The van der Waals surface area contributed by atoms with Gasteiger partial charge in [0.1, 0.15) is 18.1 Å². The highest BCUT2D eigenvalue weighted by molar-refractivity contribution is 6.11. The number of benzene rings is 2. The lowest BCUT2D eigenvalue weighted by molar-refractivity contribution is -0.135. The second-order valence-corrected chi connectivity index (χ2v) is 8.18. The van der Waals surface area contributed by atoms with Gasteiger partial charge in [-0.3, -0.25) is 19.3 Å². The molecule has 0 unspecified atom stereocenters. The number of carbonyl (C=O) groups is 4. The van der Waals surface area contributed by atoms with Crippen molar-refractivity contribution in [2.45, 2.75) is 18.5 Å². The average molecular weight is 474 g/mol. The highest BCUT2D eigenvalue weighted by Gasteiger charge is 2.55. The van der Waals surface area contributed by atoms with Crippen molar-refractivity contribution in [1.29, 1.82) is 0 Å². The van der Waals surface area contributed by atoms with Crippen LogP contribution in [-0.2, 0) is 21.7 Å². The Morgan fingerprint density at radius 1 is 1.03 bits per heavy atom. The predicted octanol–water partition coefficient (Wildman–Crippen LogP) is 2.38. The first-order valence-electron chi connectivity index (χ1n) is 11.0. The molecule has 5 amide bonds. The van der Waals surface area contributed by atoms with E-state index in [-0.39, 0.29) is 30.8 Å². The lowest BCUT2D eigenvalue weighted by Gasteiger charge is -2.33. The van der Waals surface area contributed by atoms with Gasteiger partial charge < -0.3 is 25.1 Å². The van der Waals surface area contributed by atoms with Crippen LogP contribution in [0, 0.1) is 0 Å². The normalized spacial score (nSPS) is 18.6. The number of ether oxygens (including phenoxy) is 1. The molecule has 0 saturated carbocycles. The SMILES string of the molecule is O=C(CN1C(=O)N[C@@]2(CCOc3ccccc32)C1=O)Nc1ccccc1C(=O)NCc1ccco1. The van der Waals surface area contributed by atoms with Crippen LogP contribution in [0.25, 0.3) is 0 Å². The van der Waals surface area contributed by atoms with Gasteiger partial charge in [0.05, 0.1) is 30.7 Å². The number of amides is 5.